The molecule has 3 rings (SSSR count). The Bertz CT molecular complexity index is 1090. The van der Waals surface area contributed by atoms with Crippen molar-refractivity contribution in [3.05, 3.63) is 65.0 Å². The van der Waals surface area contributed by atoms with Gasteiger partial charge in [-0.2, -0.15) is 0 Å². The minimum Gasteiger partial charge on any atom is -0.307 e. The smallest absolute Gasteiger partial charge is 0.307 e. The summed E-state index contributed by atoms with van der Waals surface area (Å²) in [4.78, 5) is 24.8. The van der Waals surface area contributed by atoms with Crippen molar-refractivity contribution >= 4 is 29.4 Å². The number of nitrogens with zero attached hydrogens (tertiary/aromatic N) is 3. The van der Waals surface area contributed by atoms with Crippen molar-refractivity contribution in [2.75, 3.05) is 5.32 Å². The second kappa shape index (κ2) is 9.13. The molecule has 8 heteroatoms. The Labute approximate surface area is 180 Å². The molecule has 0 saturated heterocycles. The molecule has 1 aromatic heterocycles. The van der Waals surface area contributed by atoms with E-state index in [2.05, 4.69) is 26.9 Å². The first kappa shape index (κ1) is 21.6. The molecule has 156 valence electrons. The van der Waals surface area contributed by atoms with E-state index in [1.54, 1.807) is 13.3 Å². The first-order valence-electron chi connectivity index (χ1n) is 9.58. The van der Waals surface area contributed by atoms with Crippen LogP contribution in [0.15, 0.2) is 47.9 Å². The lowest BCUT2D eigenvalue weighted by Crippen LogP contribution is -2.39. The highest BCUT2D eigenvalue weighted by Gasteiger charge is 2.21. The van der Waals surface area contributed by atoms with Crippen molar-refractivity contribution in [3.63, 3.8) is 0 Å². The third kappa shape index (κ3) is 5.07. The summed E-state index contributed by atoms with van der Waals surface area (Å²) in [6, 6.07) is 11.2. The summed E-state index contributed by atoms with van der Waals surface area (Å²) in [5.74, 6) is -0.405. The lowest BCUT2D eigenvalue weighted by molar-refractivity contribution is -0.119. The van der Waals surface area contributed by atoms with Crippen LogP contribution in [0, 0.1) is 27.7 Å². The molecule has 0 spiro atoms. The number of hydrogen-bond donors (Lipinski definition) is 2. The van der Waals surface area contributed by atoms with Gasteiger partial charge in [0.15, 0.2) is 5.16 Å². The monoisotopic (exact) mass is 423 g/mol. The Balaban J connectivity index is 1.65. The standard InChI is InChI=1S/C22H25N5O2S/c1-13-6-8-18(15(3)10-13)24-21(29)25-20(28)17(5)30-22-26-23-12-27(22)19-9-7-14(2)11-16(19)4/h6-12,17H,1-5H3,(H2,24,25,28,29). The maximum atomic E-state index is 12.5. The molecule has 7 nitrogen and oxygen atoms in total. The zero-order valence-corrected chi connectivity index (χ0v) is 18.5. The van der Waals surface area contributed by atoms with Gasteiger partial charge in [-0.15, -0.1) is 10.2 Å². The van der Waals surface area contributed by atoms with E-state index in [1.807, 2.05) is 62.6 Å². The van der Waals surface area contributed by atoms with Crippen LogP contribution in [0.25, 0.3) is 5.69 Å². The van der Waals surface area contributed by atoms with Crippen LogP contribution in [-0.4, -0.2) is 32.0 Å². The van der Waals surface area contributed by atoms with E-state index in [4.69, 9.17) is 0 Å². The van der Waals surface area contributed by atoms with Crippen molar-refractivity contribution in [2.24, 2.45) is 0 Å². The fourth-order valence-electron chi connectivity index (χ4n) is 3.08. The maximum absolute atomic E-state index is 12.5. The van der Waals surface area contributed by atoms with Crippen LogP contribution < -0.4 is 10.6 Å². The first-order valence-corrected chi connectivity index (χ1v) is 10.5. The van der Waals surface area contributed by atoms with Crippen LogP contribution in [0.5, 0.6) is 0 Å². The number of amides is 3. The lowest BCUT2D eigenvalue weighted by atomic mass is 10.1. The van der Waals surface area contributed by atoms with E-state index in [9.17, 15) is 9.59 Å². The number of nitrogens with one attached hydrogen (secondary N) is 2. The average Bonchev–Trinajstić information content (AvgIpc) is 3.11. The highest BCUT2D eigenvalue weighted by molar-refractivity contribution is 8.00. The number of hydrogen-bond acceptors (Lipinski definition) is 5. The second-order valence-electron chi connectivity index (χ2n) is 7.30. The van der Waals surface area contributed by atoms with Gasteiger partial charge in [0, 0.05) is 5.69 Å². The fraction of sp³-hybridized carbons (Fsp3) is 0.273. The highest BCUT2D eigenvalue weighted by Crippen LogP contribution is 2.26. The number of anilines is 1. The number of aromatic nitrogens is 3. The minimum absolute atomic E-state index is 0.405. The van der Waals surface area contributed by atoms with Gasteiger partial charge >= 0.3 is 6.03 Å². The normalized spacial score (nSPS) is 11.8. The Hall–Kier alpha value is -3.13. The number of carbonyl (C=O) groups is 2. The van der Waals surface area contributed by atoms with E-state index in [0.29, 0.717) is 10.8 Å². The summed E-state index contributed by atoms with van der Waals surface area (Å²) >= 11 is 1.24. The van der Waals surface area contributed by atoms with Gasteiger partial charge in [-0.25, -0.2) is 4.79 Å². The molecule has 2 N–H and O–H groups in total. The van der Waals surface area contributed by atoms with Crippen LogP contribution in [0.3, 0.4) is 0 Å². The number of aryl methyl sites for hydroxylation is 4. The van der Waals surface area contributed by atoms with Crippen molar-refractivity contribution in [1.82, 2.24) is 20.1 Å². The molecule has 1 unspecified atom stereocenters. The molecular weight excluding hydrogens is 398 g/mol. The number of carbonyl (C=O) groups excluding carboxylic acids is 2. The number of thioether (sulfide) groups is 1. The van der Waals surface area contributed by atoms with E-state index in [0.717, 1.165) is 22.4 Å². The molecular formula is C22H25N5O2S. The lowest BCUT2D eigenvalue weighted by Gasteiger charge is -2.14. The molecule has 2 aromatic carbocycles. The summed E-state index contributed by atoms with van der Waals surface area (Å²) in [5, 5.41) is 13.3. The molecule has 0 fully saturated rings. The van der Waals surface area contributed by atoms with Crippen molar-refractivity contribution in [3.8, 4) is 5.69 Å². The highest BCUT2D eigenvalue weighted by atomic mass is 32.2. The van der Waals surface area contributed by atoms with Gasteiger partial charge in [0.1, 0.15) is 6.33 Å². The van der Waals surface area contributed by atoms with Gasteiger partial charge in [0.05, 0.1) is 10.9 Å². The molecule has 3 aromatic rings. The average molecular weight is 424 g/mol. The Morgan fingerprint density at radius 2 is 1.67 bits per heavy atom. The topological polar surface area (TPSA) is 88.9 Å². The van der Waals surface area contributed by atoms with Gasteiger partial charge in [-0.3, -0.25) is 14.7 Å². The quantitative estimate of drug-likeness (QED) is 0.596. The Morgan fingerprint density at radius 3 is 2.33 bits per heavy atom. The summed E-state index contributed by atoms with van der Waals surface area (Å²) in [7, 11) is 0. The number of urea groups is 1. The van der Waals surface area contributed by atoms with Gasteiger partial charge in [-0.1, -0.05) is 47.2 Å². The van der Waals surface area contributed by atoms with E-state index < -0.39 is 17.2 Å². The van der Waals surface area contributed by atoms with Crippen LogP contribution in [0.1, 0.15) is 29.2 Å². The molecule has 30 heavy (non-hydrogen) atoms. The van der Waals surface area contributed by atoms with Crippen LogP contribution in [0.4, 0.5) is 10.5 Å². The molecule has 1 atom stereocenters. The van der Waals surface area contributed by atoms with Gasteiger partial charge < -0.3 is 5.32 Å². The predicted molar refractivity (Wildman–Crippen MR) is 119 cm³/mol. The van der Waals surface area contributed by atoms with Crippen molar-refractivity contribution in [2.45, 2.75) is 45.0 Å². The SMILES string of the molecule is Cc1ccc(NC(=O)NC(=O)C(C)Sc2nncn2-c2ccc(C)cc2C)c(C)c1. The molecule has 0 radical (unpaired) electrons. The summed E-state index contributed by atoms with van der Waals surface area (Å²) in [6.07, 6.45) is 1.62. The van der Waals surface area contributed by atoms with Gasteiger partial charge in [-0.05, 0) is 57.9 Å². The van der Waals surface area contributed by atoms with Crippen LogP contribution in [0.2, 0.25) is 0 Å². The first-order chi connectivity index (χ1) is 14.2. The molecule has 0 bridgehead atoms. The molecule has 3 amide bonds. The number of benzene rings is 2. The Morgan fingerprint density at radius 1 is 1.00 bits per heavy atom. The van der Waals surface area contributed by atoms with E-state index >= 15 is 0 Å². The fourth-order valence-corrected chi connectivity index (χ4v) is 3.91. The molecule has 0 saturated carbocycles. The zero-order chi connectivity index (χ0) is 21.8. The Kier molecular flexibility index (Phi) is 6.56. The van der Waals surface area contributed by atoms with Crippen LogP contribution >= 0.6 is 11.8 Å². The van der Waals surface area contributed by atoms with E-state index in [-0.39, 0.29) is 0 Å². The van der Waals surface area contributed by atoms with Crippen molar-refractivity contribution in [1.29, 1.82) is 0 Å². The van der Waals surface area contributed by atoms with Gasteiger partial charge in [0.2, 0.25) is 5.91 Å². The third-order valence-electron chi connectivity index (χ3n) is 4.65. The summed E-state index contributed by atoms with van der Waals surface area (Å²) < 4.78 is 1.85. The van der Waals surface area contributed by atoms with Crippen molar-refractivity contribution < 1.29 is 9.59 Å². The molecule has 0 aliphatic rings. The minimum atomic E-state index is -0.560. The number of imide groups is 1. The summed E-state index contributed by atoms with van der Waals surface area (Å²) in [6.45, 7) is 9.67. The summed E-state index contributed by atoms with van der Waals surface area (Å²) in [5.41, 5.74) is 5.91. The van der Waals surface area contributed by atoms with Gasteiger partial charge in [0.25, 0.3) is 0 Å². The maximum Gasteiger partial charge on any atom is 0.325 e. The molecule has 0 aliphatic heterocycles. The van der Waals surface area contributed by atoms with E-state index in [1.165, 1.54) is 17.3 Å². The zero-order valence-electron chi connectivity index (χ0n) is 17.7. The predicted octanol–water partition coefficient (Wildman–Crippen LogP) is 4.33. The largest absolute Gasteiger partial charge is 0.325 e. The third-order valence-corrected chi connectivity index (χ3v) is 5.70. The number of rotatable bonds is 5. The second-order valence-corrected chi connectivity index (χ2v) is 8.60. The van der Waals surface area contributed by atoms with Crippen LogP contribution in [-0.2, 0) is 4.79 Å². The molecule has 0 aliphatic carbocycles. The molecule has 1 heterocycles.